The van der Waals surface area contributed by atoms with Gasteiger partial charge in [-0.1, -0.05) is 30.3 Å². The highest BCUT2D eigenvalue weighted by Gasteiger charge is 2.17. The normalized spacial score (nSPS) is 10.2. The summed E-state index contributed by atoms with van der Waals surface area (Å²) in [5.41, 5.74) is 2.93. The number of aromatic nitrogens is 1. The molecular formula is C21H21N3O2. The fourth-order valence-electron chi connectivity index (χ4n) is 2.74. The van der Waals surface area contributed by atoms with Crippen LogP contribution in [-0.2, 0) is 0 Å². The van der Waals surface area contributed by atoms with Crippen LogP contribution in [0.2, 0.25) is 0 Å². The lowest BCUT2D eigenvalue weighted by Crippen LogP contribution is -2.30. The molecular weight excluding hydrogens is 326 g/mol. The number of benzene rings is 2. The minimum Gasteiger partial charge on any atom is -0.495 e. The van der Waals surface area contributed by atoms with Crippen LogP contribution in [0.3, 0.4) is 0 Å². The van der Waals surface area contributed by atoms with Crippen LogP contribution in [0, 0.1) is 0 Å². The Bertz CT molecular complexity index is 881. The minimum atomic E-state index is -0.0881. The summed E-state index contributed by atoms with van der Waals surface area (Å²) in [6.07, 6.45) is 3.27. The van der Waals surface area contributed by atoms with Crippen molar-refractivity contribution in [3.05, 3.63) is 78.6 Å². The molecule has 0 saturated heterocycles. The first-order chi connectivity index (χ1) is 12.7. The molecule has 26 heavy (non-hydrogen) atoms. The lowest BCUT2D eigenvalue weighted by atomic mass is 10.2. The Labute approximate surface area is 153 Å². The average Bonchev–Trinajstić information content (AvgIpc) is 2.70. The fraction of sp³-hybridized carbons (Fsp3) is 0.143. The first-order valence-electron chi connectivity index (χ1n) is 8.45. The number of amides is 1. The standard InChI is InChI=1S/C21H21N3O2/c1-3-24(18-9-5-4-6-10-18)21(25)16-13-17(15-22-14-16)23-19-11-7-8-12-20(19)26-2/h4-15,23H,3H2,1-2H3. The zero-order chi connectivity index (χ0) is 18.4. The molecule has 0 saturated carbocycles. The van der Waals surface area contributed by atoms with Gasteiger partial charge in [-0.2, -0.15) is 0 Å². The van der Waals surface area contributed by atoms with E-state index < -0.39 is 0 Å². The molecule has 0 fully saturated rings. The molecule has 0 spiro atoms. The number of ether oxygens (including phenoxy) is 1. The number of nitrogens with one attached hydrogen (secondary N) is 1. The third kappa shape index (κ3) is 3.83. The molecule has 3 aromatic rings. The molecule has 0 aliphatic carbocycles. The van der Waals surface area contributed by atoms with E-state index in [0.717, 1.165) is 22.8 Å². The molecule has 5 nitrogen and oxygen atoms in total. The van der Waals surface area contributed by atoms with Crippen molar-refractivity contribution < 1.29 is 9.53 Å². The summed E-state index contributed by atoms with van der Waals surface area (Å²) in [6, 6.07) is 19.0. The lowest BCUT2D eigenvalue weighted by molar-refractivity contribution is 0.0988. The van der Waals surface area contributed by atoms with Crippen LogP contribution in [0.15, 0.2) is 73.1 Å². The van der Waals surface area contributed by atoms with Gasteiger partial charge in [0.25, 0.3) is 5.91 Å². The van der Waals surface area contributed by atoms with E-state index in [1.807, 2.05) is 61.5 Å². The summed E-state index contributed by atoms with van der Waals surface area (Å²) in [6.45, 7) is 2.53. The highest BCUT2D eigenvalue weighted by atomic mass is 16.5. The molecule has 0 bridgehead atoms. The van der Waals surface area contributed by atoms with Crippen LogP contribution in [0.5, 0.6) is 5.75 Å². The van der Waals surface area contributed by atoms with Crippen LogP contribution in [0.4, 0.5) is 17.1 Å². The van der Waals surface area contributed by atoms with E-state index >= 15 is 0 Å². The SMILES string of the molecule is CCN(C(=O)c1cncc(Nc2ccccc2OC)c1)c1ccccc1. The Morgan fingerprint density at radius 2 is 1.81 bits per heavy atom. The summed E-state index contributed by atoms with van der Waals surface area (Å²) < 4.78 is 5.35. The summed E-state index contributed by atoms with van der Waals surface area (Å²) in [4.78, 5) is 18.9. The number of hydrogen-bond acceptors (Lipinski definition) is 4. The molecule has 0 unspecified atom stereocenters. The number of pyridine rings is 1. The van der Waals surface area contributed by atoms with Crippen molar-refractivity contribution in [2.45, 2.75) is 6.92 Å². The molecule has 1 aromatic heterocycles. The maximum atomic E-state index is 12.9. The fourth-order valence-corrected chi connectivity index (χ4v) is 2.74. The van der Waals surface area contributed by atoms with Crippen LogP contribution in [-0.4, -0.2) is 24.5 Å². The molecule has 1 heterocycles. The summed E-state index contributed by atoms with van der Waals surface area (Å²) in [5, 5.41) is 3.26. The number of carbonyl (C=O) groups is 1. The van der Waals surface area contributed by atoms with Gasteiger partial charge in [-0.15, -0.1) is 0 Å². The molecule has 0 aliphatic heterocycles. The van der Waals surface area contributed by atoms with Gasteiger partial charge >= 0.3 is 0 Å². The van der Waals surface area contributed by atoms with Gasteiger partial charge in [-0.25, -0.2) is 0 Å². The molecule has 1 amide bonds. The van der Waals surface area contributed by atoms with Crippen LogP contribution >= 0.6 is 0 Å². The molecule has 0 aliphatic rings. The van der Waals surface area contributed by atoms with E-state index in [0.29, 0.717) is 12.1 Å². The van der Waals surface area contributed by atoms with Gasteiger partial charge in [0.1, 0.15) is 5.75 Å². The Hall–Kier alpha value is -3.34. The Balaban J connectivity index is 1.85. The van der Waals surface area contributed by atoms with Gasteiger partial charge in [0, 0.05) is 18.4 Å². The predicted molar refractivity (Wildman–Crippen MR) is 104 cm³/mol. The Morgan fingerprint density at radius 3 is 2.54 bits per heavy atom. The van der Waals surface area contributed by atoms with E-state index in [4.69, 9.17) is 4.74 Å². The van der Waals surface area contributed by atoms with Crippen LogP contribution in [0.25, 0.3) is 0 Å². The van der Waals surface area contributed by atoms with Gasteiger partial charge in [0.05, 0.1) is 30.2 Å². The topological polar surface area (TPSA) is 54.5 Å². The van der Waals surface area contributed by atoms with Crippen molar-refractivity contribution in [2.24, 2.45) is 0 Å². The zero-order valence-corrected chi connectivity index (χ0v) is 14.8. The summed E-state index contributed by atoms with van der Waals surface area (Å²) in [7, 11) is 1.62. The second kappa shape index (κ2) is 8.16. The number of anilines is 3. The van der Waals surface area contributed by atoms with Gasteiger partial charge in [0.2, 0.25) is 0 Å². The highest BCUT2D eigenvalue weighted by molar-refractivity contribution is 6.06. The highest BCUT2D eigenvalue weighted by Crippen LogP contribution is 2.27. The summed E-state index contributed by atoms with van der Waals surface area (Å²) in [5.74, 6) is 0.638. The Kier molecular flexibility index (Phi) is 5.49. The number of nitrogens with zero attached hydrogens (tertiary/aromatic N) is 2. The van der Waals surface area contributed by atoms with Crippen molar-refractivity contribution in [1.29, 1.82) is 0 Å². The van der Waals surface area contributed by atoms with Crippen molar-refractivity contribution in [3.8, 4) is 5.75 Å². The number of para-hydroxylation sites is 3. The zero-order valence-electron chi connectivity index (χ0n) is 14.8. The average molecular weight is 347 g/mol. The van der Waals surface area contributed by atoms with E-state index in [1.165, 1.54) is 0 Å². The maximum absolute atomic E-state index is 12.9. The van der Waals surface area contributed by atoms with Gasteiger partial charge in [-0.3, -0.25) is 9.78 Å². The first kappa shape index (κ1) is 17.5. The van der Waals surface area contributed by atoms with Crippen molar-refractivity contribution in [3.63, 3.8) is 0 Å². The molecule has 0 atom stereocenters. The van der Waals surface area contributed by atoms with Gasteiger partial charge in [-0.05, 0) is 37.3 Å². The van der Waals surface area contributed by atoms with Crippen molar-refractivity contribution in [1.82, 2.24) is 4.98 Å². The number of methoxy groups -OCH3 is 1. The molecule has 5 heteroatoms. The second-order valence-electron chi connectivity index (χ2n) is 5.67. The van der Waals surface area contributed by atoms with E-state index in [2.05, 4.69) is 10.3 Å². The second-order valence-corrected chi connectivity index (χ2v) is 5.67. The monoisotopic (exact) mass is 347 g/mol. The lowest BCUT2D eigenvalue weighted by Gasteiger charge is -2.21. The quantitative estimate of drug-likeness (QED) is 0.713. The molecule has 0 radical (unpaired) electrons. The Morgan fingerprint density at radius 1 is 1.08 bits per heavy atom. The van der Waals surface area contributed by atoms with Crippen molar-refractivity contribution >= 4 is 23.0 Å². The van der Waals surface area contributed by atoms with E-state index in [1.54, 1.807) is 30.5 Å². The van der Waals surface area contributed by atoms with Gasteiger partial charge in [0.15, 0.2) is 0 Å². The van der Waals surface area contributed by atoms with E-state index in [-0.39, 0.29) is 5.91 Å². The largest absolute Gasteiger partial charge is 0.495 e. The first-order valence-corrected chi connectivity index (χ1v) is 8.45. The van der Waals surface area contributed by atoms with Crippen LogP contribution in [0.1, 0.15) is 17.3 Å². The number of carbonyl (C=O) groups excluding carboxylic acids is 1. The third-order valence-corrected chi connectivity index (χ3v) is 4.00. The van der Waals surface area contributed by atoms with E-state index in [9.17, 15) is 4.79 Å². The molecule has 2 aromatic carbocycles. The molecule has 132 valence electrons. The molecule has 1 N–H and O–H groups in total. The smallest absolute Gasteiger partial charge is 0.259 e. The predicted octanol–water partition coefficient (Wildman–Crippen LogP) is 4.50. The summed E-state index contributed by atoms with van der Waals surface area (Å²) >= 11 is 0. The van der Waals surface area contributed by atoms with Gasteiger partial charge < -0.3 is 15.0 Å². The number of hydrogen-bond donors (Lipinski definition) is 1. The third-order valence-electron chi connectivity index (χ3n) is 4.00. The van der Waals surface area contributed by atoms with Crippen molar-refractivity contribution in [2.75, 3.05) is 23.9 Å². The molecule has 3 rings (SSSR count). The maximum Gasteiger partial charge on any atom is 0.259 e. The van der Waals surface area contributed by atoms with Crippen LogP contribution < -0.4 is 15.0 Å². The minimum absolute atomic E-state index is 0.0881. The number of rotatable bonds is 6.